The first kappa shape index (κ1) is 13.9. The Kier molecular flexibility index (Phi) is 4.85. The number of ether oxygens (including phenoxy) is 1. The first-order valence-electron chi connectivity index (χ1n) is 4.85. The standard InChI is InChI=1S/C11H13NO3S2/c1-15-10-4-3-9(8-12)11(7-10)16-5-6-17(2,13)14/h3-4,7H,5-6H2,1-2H3. The number of nitriles is 1. The Morgan fingerprint density at radius 3 is 2.71 bits per heavy atom. The van der Waals surface area contributed by atoms with Gasteiger partial charge in [-0.25, -0.2) is 8.42 Å². The molecule has 1 rings (SSSR count). The van der Waals surface area contributed by atoms with E-state index in [2.05, 4.69) is 6.07 Å². The molecule has 92 valence electrons. The summed E-state index contributed by atoms with van der Waals surface area (Å²) < 4.78 is 27.1. The van der Waals surface area contributed by atoms with Crippen LogP contribution in [0.4, 0.5) is 0 Å². The highest BCUT2D eigenvalue weighted by molar-refractivity contribution is 8.00. The fourth-order valence-electron chi connectivity index (χ4n) is 1.14. The van der Waals surface area contributed by atoms with E-state index in [-0.39, 0.29) is 5.75 Å². The van der Waals surface area contributed by atoms with Crippen LogP contribution >= 0.6 is 11.8 Å². The summed E-state index contributed by atoms with van der Waals surface area (Å²) in [6, 6.07) is 7.19. The van der Waals surface area contributed by atoms with Crippen molar-refractivity contribution in [1.29, 1.82) is 5.26 Å². The van der Waals surface area contributed by atoms with Crippen LogP contribution in [0, 0.1) is 11.3 Å². The summed E-state index contributed by atoms with van der Waals surface area (Å²) in [7, 11) is -1.42. The van der Waals surface area contributed by atoms with Gasteiger partial charge in [-0.15, -0.1) is 11.8 Å². The molecule has 0 heterocycles. The van der Waals surface area contributed by atoms with Crippen molar-refractivity contribution >= 4 is 21.6 Å². The smallest absolute Gasteiger partial charge is 0.148 e. The summed E-state index contributed by atoms with van der Waals surface area (Å²) in [5.74, 6) is 1.19. The molecule has 0 saturated carbocycles. The van der Waals surface area contributed by atoms with Gasteiger partial charge in [-0.1, -0.05) is 0 Å². The van der Waals surface area contributed by atoms with Crippen LogP contribution in [0.5, 0.6) is 5.75 Å². The van der Waals surface area contributed by atoms with Crippen LogP contribution in [-0.2, 0) is 9.84 Å². The second kappa shape index (κ2) is 5.94. The summed E-state index contributed by atoms with van der Waals surface area (Å²) >= 11 is 1.35. The van der Waals surface area contributed by atoms with Crippen molar-refractivity contribution in [2.45, 2.75) is 4.90 Å². The van der Waals surface area contributed by atoms with Gasteiger partial charge in [0.15, 0.2) is 0 Å². The Morgan fingerprint density at radius 1 is 1.47 bits per heavy atom. The van der Waals surface area contributed by atoms with Gasteiger partial charge in [0, 0.05) is 16.9 Å². The molecule has 0 spiro atoms. The van der Waals surface area contributed by atoms with E-state index in [4.69, 9.17) is 10.00 Å². The molecular formula is C11H13NO3S2. The number of benzene rings is 1. The molecule has 0 fully saturated rings. The van der Waals surface area contributed by atoms with Crippen LogP contribution < -0.4 is 4.74 Å². The molecule has 0 N–H and O–H groups in total. The SMILES string of the molecule is COc1ccc(C#N)c(SCCS(C)(=O)=O)c1. The number of hydrogen-bond donors (Lipinski definition) is 0. The van der Waals surface area contributed by atoms with Crippen LogP contribution in [0.2, 0.25) is 0 Å². The third kappa shape index (κ3) is 4.67. The first-order chi connectivity index (χ1) is 7.96. The molecule has 0 radical (unpaired) electrons. The molecule has 0 aromatic heterocycles. The Morgan fingerprint density at radius 2 is 2.18 bits per heavy atom. The summed E-state index contributed by atoms with van der Waals surface area (Å²) in [5.41, 5.74) is 0.532. The largest absolute Gasteiger partial charge is 0.497 e. The van der Waals surface area contributed by atoms with Crippen LogP contribution in [0.15, 0.2) is 23.1 Å². The zero-order valence-electron chi connectivity index (χ0n) is 9.63. The normalized spacial score (nSPS) is 10.9. The predicted molar refractivity (Wildman–Crippen MR) is 68.1 cm³/mol. The van der Waals surface area contributed by atoms with Crippen LogP contribution in [0.3, 0.4) is 0 Å². The van der Waals surface area contributed by atoms with E-state index >= 15 is 0 Å². The van der Waals surface area contributed by atoms with E-state index in [1.807, 2.05) is 0 Å². The van der Waals surface area contributed by atoms with E-state index in [9.17, 15) is 8.42 Å². The summed E-state index contributed by atoms with van der Waals surface area (Å²) in [6.07, 6.45) is 1.20. The molecule has 0 aliphatic heterocycles. The number of nitrogens with zero attached hydrogens (tertiary/aromatic N) is 1. The molecule has 0 amide bonds. The quantitative estimate of drug-likeness (QED) is 0.763. The fraction of sp³-hybridized carbons (Fsp3) is 0.364. The monoisotopic (exact) mass is 271 g/mol. The van der Waals surface area contributed by atoms with E-state index in [0.717, 1.165) is 4.90 Å². The Bertz CT molecular complexity index is 532. The van der Waals surface area contributed by atoms with Crippen LogP contribution in [0.25, 0.3) is 0 Å². The number of methoxy groups -OCH3 is 1. The van der Waals surface area contributed by atoms with Gasteiger partial charge in [0.25, 0.3) is 0 Å². The Hall–Kier alpha value is -1.19. The molecule has 0 aliphatic carbocycles. The maximum atomic E-state index is 11.0. The Balaban J connectivity index is 2.79. The molecular weight excluding hydrogens is 258 g/mol. The maximum absolute atomic E-state index is 11.0. The fourth-order valence-corrected chi connectivity index (χ4v) is 3.38. The molecule has 0 bridgehead atoms. The van der Waals surface area contributed by atoms with E-state index in [1.165, 1.54) is 18.0 Å². The van der Waals surface area contributed by atoms with Gasteiger partial charge in [-0.3, -0.25) is 0 Å². The molecule has 0 unspecified atom stereocenters. The molecule has 1 aromatic carbocycles. The van der Waals surface area contributed by atoms with Gasteiger partial charge in [0.2, 0.25) is 0 Å². The highest BCUT2D eigenvalue weighted by atomic mass is 32.2. The molecule has 0 atom stereocenters. The third-order valence-electron chi connectivity index (χ3n) is 2.02. The van der Waals surface area contributed by atoms with E-state index < -0.39 is 9.84 Å². The molecule has 4 nitrogen and oxygen atoms in total. The number of hydrogen-bond acceptors (Lipinski definition) is 5. The van der Waals surface area contributed by atoms with E-state index in [0.29, 0.717) is 17.1 Å². The summed E-state index contributed by atoms with van der Waals surface area (Å²) in [6.45, 7) is 0. The number of rotatable bonds is 5. The average molecular weight is 271 g/mol. The van der Waals surface area contributed by atoms with Crippen LogP contribution in [-0.4, -0.2) is 33.3 Å². The van der Waals surface area contributed by atoms with Gasteiger partial charge >= 0.3 is 0 Å². The first-order valence-corrected chi connectivity index (χ1v) is 7.89. The molecule has 6 heteroatoms. The molecule has 17 heavy (non-hydrogen) atoms. The number of sulfone groups is 1. The van der Waals surface area contributed by atoms with Gasteiger partial charge in [0.05, 0.1) is 18.4 Å². The van der Waals surface area contributed by atoms with Crippen LogP contribution in [0.1, 0.15) is 5.56 Å². The average Bonchev–Trinajstić information content (AvgIpc) is 2.27. The lowest BCUT2D eigenvalue weighted by atomic mass is 10.2. The minimum atomic E-state index is -2.96. The van der Waals surface area contributed by atoms with Crippen molar-refractivity contribution in [2.75, 3.05) is 24.9 Å². The van der Waals surface area contributed by atoms with Crippen molar-refractivity contribution in [2.24, 2.45) is 0 Å². The highest BCUT2D eigenvalue weighted by Crippen LogP contribution is 2.26. The lowest BCUT2D eigenvalue weighted by Crippen LogP contribution is -2.05. The van der Waals surface area contributed by atoms with E-state index in [1.54, 1.807) is 25.3 Å². The lowest BCUT2D eigenvalue weighted by molar-refractivity contribution is 0.413. The summed E-state index contributed by atoms with van der Waals surface area (Å²) in [5, 5.41) is 8.92. The third-order valence-corrected chi connectivity index (χ3v) is 4.28. The number of thioether (sulfide) groups is 1. The van der Waals surface area contributed by atoms with Crippen molar-refractivity contribution < 1.29 is 13.2 Å². The summed E-state index contributed by atoms with van der Waals surface area (Å²) in [4.78, 5) is 0.746. The Labute approximate surface area is 106 Å². The second-order valence-corrected chi connectivity index (χ2v) is 6.85. The van der Waals surface area contributed by atoms with Gasteiger partial charge in [0.1, 0.15) is 21.7 Å². The van der Waals surface area contributed by atoms with Crippen molar-refractivity contribution in [3.63, 3.8) is 0 Å². The van der Waals surface area contributed by atoms with Crippen molar-refractivity contribution in [1.82, 2.24) is 0 Å². The lowest BCUT2D eigenvalue weighted by Gasteiger charge is -2.06. The zero-order chi connectivity index (χ0) is 12.9. The second-order valence-electron chi connectivity index (χ2n) is 3.45. The molecule has 1 aromatic rings. The van der Waals surface area contributed by atoms with Gasteiger partial charge < -0.3 is 4.74 Å². The molecule has 0 saturated heterocycles. The maximum Gasteiger partial charge on any atom is 0.148 e. The van der Waals surface area contributed by atoms with Crippen molar-refractivity contribution in [3.8, 4) is 11.8 Å². The minimum absolute atomic E-state index is 0.0970. The highest BCUT2D eigenvalue weighted by Gasteiger charge is 2.07. The zero-order valence-corrected chi connectivity index (χ0v) is 11.3. The topological polar surface area (TPSA) is 67.2 Å². The van der Waals surface area contributed by atoms with Crippen molar-refractivity contribution in [3.05, 3.63) is 23.8 Å². The van der Waals surface area contributed by atoms with Gasteiger partial charge in [-0.05, 0) is 18.2 Å². The van der Waals surface area contributed by atoms with Gasteiger partial charge in [-0.2, -0.15) is 5.26 Å². The minimum Gasteiger partial charge on any atom is -0.497 e. The predicted octanol–water partition coefficient (Wildman–Crippen LogP) is 1.70. The molecule has 0 aliphatic rings.